The Bertz CT molecular complexity index is 903. The number of hydrogen-bond donors (Lipinski definition) is 1. The van der Waals surface area contributed by atoms with Crippen LogP contribution in [0.2, 0.25) is 0 Å². The molecule has 1 aliphatic rings. The minimum absolute atomic E-state index is 0.0608. The van der Waals surface area contributed by atoms with E-state index in [0.29, 0.717) is 55.0 Å². The molecule has 0 aliphatic carbocycles. The Morgan fingerprint density at radius 2 is 1.93 bits per heavy atom. The second kappa shape index (κ2) is 8.62. The maximum Gasteiger partial charge on any atom is 0.233 e. The van der Waals surface area contributed by atoms with E-state index in [4.69, 9.17) is 4.42 Å². The Kier molecular flexibility index (Phi) is 5.78. The topological polar surface area (TPSA) is 84.4 Å². The van der Waals surface area contributed by atoms with Gasteiger partial charge in [0.15, 0.2) is 10.9 Å². The number of furan rings is 1. The van der Waals surface area contributed by atoms with Crippen molar-refractivity contribution < 1.29 is 14.3 Å². The molecular weight excluding hydrogens is 376 g/mol. The van der Waals surface area contributed by atoms with Gasteiger partial charge in [-0.3, -0.25) is 9.36 Å². The molecule has 28 heavy (non-hydrogen) atoms. The van der Waals surface area contributed by atoms with Gasteiger partial charge in [0.2, 0.25) is 11.7 Å². The highest BCUT2D eigenvalue weighted by atomic mass is 32.2. The summed E-state index contributed by atoms with van der Waals surface area (Å²) in [5, 5.41) is 18.9. The summed E-state index contributed by atoms with van der Waals surface area (Å²) in [6, 6.07) is 13.7. The number of piperidine rings is 1. The van der Waals surface area contributed by atoms with Crippen molar-refractivity contribution in [1.82, 2.24) is 19.7 Å². The summed E-state index contributed by atoms with van der Waals surface area (Å²) >= 11 is 1.38. The molecule has 4 rings (SSSR count). The van der Waals surface area contributed by atoms with Crippen molar-refractivity contribution in [3.63, 3.8) is 0 Å². The molecule has 0 spiro atoms. The maximum absolute atomic E-state index is 12.5. The molecule has 0 unspecified atom stereocenters. The van der Waals surface area contributed by atoms with Gasteiger partial charge in [0.05, 0.1) is 24.7 Å². The zero-order chi connectivity index (χ0) is 19.3. The fraction of sp³-hybridized carbons (Fsp3) is 0.350. The minimum atomic E-state index is -0.290. The Morgan fingerprint density at radius 3 is 2.64 bits per heavy atom. The Balaban J connectivity index is 1.51. The van der Waals surface area contributed by atoms with E-state index in [0.717, 1.165) is 5.56 Å². The van der Waals surface area contributed by atoms with Crippen LogP contribution in [0.1, 0.15) is 18.4 Å². The smallest absolute Gasteiger partial charge is 0.233 e. The summed E-state index contributed by atoms with van der Waals surface area (Å²) in [6.07, 6.45) is 2.60. The van der Waals surface area contributed by atoms with Crippen molar-refractivity contribution in [2.24, 2.45) is 0 Å². The summed E-state index contributed by atoms with van der Waals surface area (Å²) in [4.78, 5) is 14.3. The first kappa shape index (κ1) is 18.8. The molecule has 8 heteroatoms. The number of amides is 1. The van der Waals surface area contributed by atoms with E-state index in [-0.39, 0.29) is 12.0 Å². The van der Waals surface area contributed by atoms with Gasteiger partial charge in [0.25, 0.3) is 0 Å². The molecule has 1 aromatic carbocycles. The summed E-state index contributed by atoms with van der Waals surface area (Å²) in [5.41, 5.74) is 1.12. The van der Waals surface area contributed by atoms with Gasteiger partial charge in [-0.1, -0.05) is 42.1 Å². The van der Waals surface area contributed by atoms with E-state index in [1.54, 1.807) is 6.26 Å². The molecule has 2 aromatic heterocycles. The van der Waals surface area contributed by atoms with Crippen LogP contribution >= 0.6 is 11.8 Å². The number of carbonyl (C=O) groups is 1. The molecule has 3 heterocycles. The first-order chi connectivity index (χ1) is 13.7. The standard InChI is InChI=1S/C20H22N4O3S/c25-16-8-10-23(11-9-16)18(26)14-28-20-22-21-19(17-7-4-12-27-17)24(20)13-15-5-2-1-3-6-15/h1-7,12,16,25H,8-11,13-14H2. The normalized spacial score (nSPS) is 15.1. The van der Waals surface area contributed by atoms with Crippen LogP contribution in [0, 0.1) is 0 Å². The molecule has 7 nitrogen and oxygen atoms in total. The van der Waals surface area contributed by atoms with Crippen molar-refractivity contribution >= 4 is 17.7 Å². The number of likely N-dealkylation sites (tertiary alicyclic amines) is 1. The van der Waals surface area contributed by atoms with Gasteiger partial charge in [-0.25, -0.2) is 0 Å². The van der Waals surface area contributed by atoms with E-state index in [9.17, 15) is 9.90 Å². The summed E-state index contributed by atoms with van der Waals surface area (Å²) < 4.78 is 7.49. The fourth-order valence-corrected chi connectivity index (χ4v) is 4.07. The van der Waals surface area contributed by atoms with Gasteiger partial charge in [0.1, 0.15) is 0 Å². The number of hydrogen-bond acceptors (Lipinski definition) is 6. The van der Waals surface area contributed by atoms with Gasteiger partial charge in [0, 0.05) is 13.1 Å². The number of carbonyl (C=O) groups excluding carboxylic acids is 1. The van der Waals surface area contributed by atoms with Crippen LogP contribution in [0.3, 0.4) is 0 Å². The number of nitrogens with zero attached hydrogens (tertiary/aromatic N) is 4. The van der Waals surface area contributed by atoms with Gasteiger partial charge >= 0.3 is 0 Å². The molecule has 0 bridgehead atoms. The van der Waals surface area contributed by atoms with E-state index in [1.807, 2.05) is 51.9 Å². The summed E-state index contributed by atoms with van der Waals surface area (Å²) in [6.45, 7) is 1.81. The van der Waals surface area contributed by atoms with Crippen molar-refractivity contribution in [2.45, 2.75) is 30.6 Å². The molecule has 146 valence electrons. The lowest BCUT2D eigenvalue weighted by Crippen LogP contribution is -2.40. The molecule has 1 amide bonds. The predicted octanol–water partition coefficient (Wildman–Crippen LogP) is 2.66. The maximum atomic E-state index is 12.5. The third-order valence-corrected chi connectivity index (χ3v) is 5.74. The lowest BCUT2D eigenvalue weighted by Gasteiger charge is -2.29. The van der Waals surface area contributed by atoms with Crippen LogP contribution in [0.25, 0.3) is 11.6 Å². The van der Waals surface area contributed by atoms with Crippen molar-refractivity contribution in [1.29, 1.82) is 0 Å². The van der Waals surface area contributed by atoms with Crippen LogP contribution in [-0.2, 0) is 11.3 Å². The Labute approximate surface area is 167 Å². The molecule has 1 aliphatic heterocycles. The first-order valence-corrected chi connectivity index (χ1v) is 10.3. The minimum Gasteiger partial charge on any atom is -0.461 e. The third kappa shape index (κ3) is 4.28. The van der Waals surface area contributed by atoms with Crippen molar-refractivity contribution in [3.8, 4) is 11.6 Å². The lowest BCUT2D eigenvalue weighted by molar-refractivity contribution is -0.130. The van der Waals surface area contributed by atoms with E-state index < -0.39 is 0 Å². The van der Waals surface area contributed by atoms with Crippen LogP contribution in [0.5, 0.6) is 0 Å². The average Bonchev–Trinajstić information content (AvgIpc) is 3.37. The number of aliphatic hydroxyl groups is 1. The third-order valence-electron chi connectivity index (χ3n) is 4.78. The summed E-state index contributed by atoms with van der Waals surface area (Å²) in [5.74, 6) is 1.64. The monoisotopic (exact) mass is 398 g/mol. The summed E-state index contributed by atoms with van der Waals surface area (Å²) in [7, 11) is 0. The zero-order valence-electron chi connectivity index (χ0n) is 15.4. The van der Waals surface area contributed by atoms with Gasteiger partial charge in [-0.15, -0.1) is 10.2 Å². The number of aromatic nitrogens is 3. The van der Waals surface area contributed by atoms with Crippen LogP contribution in [-0.4, -0.2) is 55.6 Å². The highest BCUT2D eigenvalue weighted by molar-refractivity contribution is 7.99. The number of benzene rings is 1. The average molecular weight is 398 g/mol. The molecule has 1 saturated heterocycles. The Hall–Kier alpha value is -2.58. The molecular formula is C20H22N4O3S. The molecule has 1 N–H and O–H groups in total. The molecule has 3 aromatic rings. The van der Waals surface area contributed by atoms with Crippen molar-refractivity contribution in [2.75, 3.05) is 18.8 Å². The fourth-order valence-electron chi connectivity index (χ4n) is 3.22. The van der Waals surface area contributed by atoms with Gasteiger partial charge < -0.3 is 14.4 Å². The largest absolute Gasteiger partial charge is 0.461 e. The van der Waals surface area contributed by atoms with Crippen LogP contribution in [0.15, 0.2) is 58.3 Å². The highest BCUT2D eigenvalue weighted by Gasteiger charge is 2.23. The Morgan fingerprint density at radius 1 is 1.14 bits per heavy atom. The SMILES string of the molecule is O=C(CSc1nnc(-c2ccco2)n1Cc1ccccc1)N1CCC(O)CC1. The quantitative estimate of drug-likeness (QED) is 0.643. The molecule has 0 saturated carbocycles. The number of thioether (sulfide) groups is 1. The second-order valence-electron chi connectivity index (χ2n) is 6.76. The van der Waals surface area contributed by atoms with E-state index >= 15 is 0 Å². The second-order valence-corrected chi connectivity index (χ2v) is 7.70. The molecule has 0 radical (unpaired) electrons. The van der Waals surface area contributed by atoms with Gasteiger partial charge in [-0.05, 0) is 30.5 Å². The van der Waals surface area contributed by atoms with E-state index in [1.165, 1.54) is 11.8 Å². The number of rotatable bonds is 6. The van der Waals surface area contributed by atoms with Gasteiger partial charge in [-0.2, -0.15) is 0 Å². The lowest BCUT2D eigenvalue weighted by atomic mass is 10.1. The molecule has 0 atom stereocenters. The van der Waals surface area contributed by atoms with Crippen molar-refractivity contribution in [3.05, 3.63) is 54.3 Å². The molecule has 1 fully saturated rings. The predicted molar refractivity (Wildman–Crippen MR) is 106 cm³/mol. The highest BCUT2D eigenvalue weighted by Crippen LogP contribution is 2.26. The van der Waals surface area contributed by atoms with Crippen LogP contribution in [0.4, 0.5) is 0 Å². The van der Waals surface area contributed by atoms with E-state index in [2.05, 4.69) is 10.2 Å². The zero-order valence-corrected chi connectivity index (χ0v) is 16.2. The first-order valence-electron chi connectivity index (χ1n) is 9.30. The number of aliphatic hydroxyl groups excluding tert-OH is 1. The van der Waals surface area contributed by atoms with Crippen LogP contribution < -0.4 is 0 Å².